The van der Waals surface area contributed by atoms with Gasteiger partial charge in [0.05, 0.1) is 0 Å². The zero-order chi connectivity index (χ0) is 13.7. The summed E-state index contributed by atoms with van der Waals surface area (Å²) in [6.07, 6.45) is 13.4. The Bertz CT molecular complexity index is 364. The minimum Gasteiger partial charge on any atom is -0.338 e. The van der Waals surface area contributed by atoms with E-state index in [1.165, 1.54) is 44.3 Å². The molecule has 1 aliphatic rings. The lowest BCUT2D eigenvalue weighted by Gasteiger charge is -2.33. The van der Waals surface area contributed by atoms with E-state index in [1.807, 2.05) is 12.4 Å². The van der Waals surface area contributed by atoms with Crippen molar-refractivity contribution in [1.82, 2.24) is 14.9 Å². The molecule has 0 spiro atoms. The third kappa shape index (κ3) is 3.82. The zero-order valence-corrected chi connectivity index (χ0v) is 12.7. The molecule has 1 heterocycles. The molecule has 1 aromatic heterocycles. The molecule has 2 rings (SSSR count). The molecule has 1 aromatic rings. The predicted octanol–water partition coefficient (Wildman–Crippen LogP) is 3.16. The molecule has 3 nitrogen and oxygen atoms in total. The SMILES string of the molecule is CCCC1CCC(C(Cc2nccn2C)NC)CC1. The van der Waals surface area contributed by atoms with Gasteiger partial charge in [-0.05, 0) is 31.7 Å². The second-order valence-electron chi connectivity index (χ2n) is 6.12. The highest BCUT2D eigenvalue weighted by atomic mass is 15.0. The Morgan fingerprint density at radius 3 is 2.63 bits per heavy atom. The summed E-state index contributed by atoms with van der Waals surface area (Å²) in [4.78, 5) is 4.47. The largest absolute Gasteiger partial charge is 0.338 e. The van der Waals surface area contributed by atoms with Gasteiger partial charge in [0.25, 0.3) is 0 Å². The fourth-order valence-corrected chi connectivity index (χ4v) is 3.58. The highest BCUT2D eigenvalue weighted by molar-refractivity contribution is 4.96. The first-order chi connectivity index (χ1) is 9.24. The number of aromatic nitrogens is 2. The third-order valence-electron chi connectivity index (χ3n) is 4.85. The van der Waals surface area contributed by atoms with Gasteiger partial charge in [-0.2, -0.15) is 0 Å². The summed E-state index contributed by atoms with van der Waals surface area (Å²) in [6, 6.07) is 0.587. The highest BCUT2D eigenvalue weighted by Gasteiger charge is 2.27. The smallest absolute Gasteiger partial charge is 0.109 e. The van der Waals surface area contributed by atoms with Crippen LogP contribution in [0.1, 0.15) is 51.3 Å². The van der Waals surface area contributed by atoms with Gasteiger partial charge in [0.2, 0.25) is 0 Å². The van der Waals surface area contributed by atoms with Crippen molar-refractivity contribution in [2.45, 2.75) is 57.9 Å². The van der Waals surface area contributed by atoms with Crippen LogP contribution in [0.15, 0.2) is 12.4 Å². The van der Waals surface area contributed by atoms with E-state index in [1.54, 1.807) is 0 Å². The maximum atomic E-state index is 4.47. The van der Waals surface area contributed by atoms with E-state index in [-0.39, 0.29) is 0 Å². The van der Waals surface area contributed by atoms with Crippen LogP contribution in [0.2, 0.25) is 0 Å². The number of likely N-dealkylation sites (N-methyl/N-ethyl adjacent to an activating group) is 1. The van der Waals surface area contributed by atoms with Crippen molar-refractivity contribution in [3.05, 3.63) is 18.2 Å². The Labute approximate surface area is 117 Å². The topological polar surface area (TPSA) is 29.9 Å². The fourth-order valence-electron chi connectivity index (χ4n) is 3.58. The normalized spacial score (nSPS) is 25.4. The molecule has 19 heavy (non-hydrogen) atoms. The summed E-state index contributed by atoms with van der Waals surface area (Å²) in [5.74, 6) is 3.02. The summed E-state index contributed by atoms with van der Waals surface area (Å²) in [6.45, 7) is 2.31. The van der Waals surface area contributed by atoms with Crippen LogP contribution in [-0.4, -0.2) is 22.6 Å². The first-order valence-electron chi connectivity index (χ1n) is 7.88. The van der Waals surface area contributed by atoms with Crippen LogP contribution in [0.25, 0.3) is 0 Å². The molecule has 1 atom stereocenters. The van der Waals surface area contributed by atoms with Gasteiger partial charge < -0.3 is 9.88 Å². The minimum atomic E-state index is 0.587. The quantitative estimate of drug-likeness (QED) is 0.854. The number of nitrogens with zero attached hydrogens (tertiary/aromatic N) is 2. The molecule has 0 saturated heterocycles. The average Bonchev–Trinajstić information content (AvgIpc) is 2.83. The van der Waals surface area contributed by atoms with Crippen molar-refractivity contribution >= 4 is 0 Å². The number of hydrogen-bond acceptors (Lipinski definition) is 2. The predicted molar refractivity (Wildman–Crippen MR) is 80.1 cm³/mol. The summed E-state index contributed by atoms with van der Waals surface area (Å²) < 4.78 is 2.15. The highest BCUT2D eigenvalue weighted by Crippen LogP contribution is 2.33. The van der Waals surface area contributed by atoms with E-state index in [0.717, 1.165) is 18.3 Å². The van der Waals surface area contributed by atoms with Crippen molar-refractivity contribution in [3.63, 3.8) is 0 Å². The second kappa shape index (κ2) is 7.09. The Kier molecular flexibility index (Phi) is 5.44. The van der Waals surface area contributed by atoms with E-state index in [0.29, 0.717) is 6.04 Å². The van der Waals surface area contributed by atoms with Crippen molar-refractivity contribution in [3.8, 4) is 0 Å². The maximum absolute atomic E-state index is 4.47. The standard InChI is InChI=1S/C16H29N3/c1-4-5-13-6-8-14(9-7-13)15(17-2)12-16-18-10-11-19(16)3/h10-11,13-15,17H,4-9,12H2,1-3H3. The van der Waals surface area contributed by atoms with E-state index >= 15 is 0 Å². The Hall–Kier alpha value is -0.830. The van der Waals surface area contributed by atoms with Gasteiger partial charge in [-0.3, -0.25) is 0 Å². The molecule has 1 saturated carbocycles. The lowest BCUT2D eigenvalue weighted by Crippen LogP contribution is -2.38. The number of rotatable bonds is 6. The van der Waals surface area contributed by atoms with Crippen molar-refractivity contribution in [2.75, 3.05) is 7.05 Å². The number of imidazole rings is 1. The molecule has 0 radical (unpaired) electrons. The Balaban J connectivity index is 1.87. The van der Waals surface area contributed by atoms with Crippen LogP contribution in [0, 0.1) is 11.8 Å². The van der Waals surface area contributed by atoms with E-state index in [9.17, 15) is 0 Å². The molecule has 108 valence electrons. The molecular formula is C16H29N3. The third-order valence-corrected chi connectivity index (χ3v) is 4.85. The first kappa shape index (κ1) is 14.6. The monoisotopic (exact) mass is 263 g/mol. The van der Waals surface area contributed by atoms with E-state index < -0.39 is 0 Å². The molecule has 3 heteroatoms. The number of nitrogens with one attached hydrogen (secondary N) is 1. The molecule has 1 aliphatic carbocycles. The van der Waals surface area contributed by atoms with Crippen LogP contribution >= 0.6 is 0 Å². The summed E-state index contributed by atoms with van der Waals surface area (Å²) in [5, 5.41) is 3.53. The summed E-state index contributed by atoms with van der Waals surface area (Å²) in [5.41, 5.74) is 0. The van der Waals surface area contributed by atoms with Gasteiger partial charge in [0.15, 0.2) is 0 Å². The average molecular weight is 263 g/mol. The van der Waals surface area contributed by atoms with Crippen molar-refractivity contribution in [1.29, 1.82) is 0 Å². The minimum absolute atomic E-state index is 0.587. The van der Waals surface area contributed by atoms with Gasteiger partial charge in [-0.15, -0.1) is 0 Å². The van der Waals surface area contributed by atoms with Gasteiger partial charge in [0, 0.05) is 31.9 Å². The van der Waals surface area contributed by atoms with Gasteiger partial charge >= 0.3 is 0 Å². The van der Waals surface area contributed by atoms with Gasteiger partial charge in [0.1, 0.15) is 5.82 Å². The summed E-state index contributed by atoms with van der Waals surface area (Å²) in [7, 11) is 4.19. The maximum Gasteiger partial charge on any atom is 0.109 e. The van der Waals surface area contributed by atoms with Crippen LogP contribution < -0.4 is 5.32 Å². The van der Waals surface area contributed by atoms with E-state index in [2.05, 4.69) is 35.9 Å². The molecular weight excluding hydrogens is 234 g/mol. The van der Waals surface area contributed by atoms with Gasteiger partial charge in [-0.1, -0.05) is 32.6 Å². The zero-order valence-electron chi connectivity index (χ0n) is 12.7. The first-order valence-corrected chi connectivity index (χ1v) is 7.88. The second-order valence-corrected chi connectivity index (χ2v) is 6.12. The van der Waals surface area contributed by atoms with Crippen molar-refractivity contribution in [2.24, 2.45) is 18.9 Å². The molecule has 1 fully saturated rings. The molecule has 0 amide bonds. The number of aryl methyl sites for hydroxylation is 1. The fraction of sp³-hybridized carbons (Fsp3) is 0.812. The molecule has 0 aliphatic heterocycles. The lowest BCUT2D eigenvalue weighted by molar-refractivity contribution is 0.216. The van der Waals surface area contributed by atoms with Crippen LogP contribution in [-0.2, 0) is 13.5 Å². The summed E-state index contributed by atoms with van der Waals surface area (Å²) >= 11 is 0. The molecule has 0 bridgehead atoms. The molecule has 1 N–H and O–H groups in total. The molecule has 0 aromatic carbocycles. The number of hydrogen-bond donors (Lipinski definition) is 1. The Morgan fingerprint density at radius 2 is 2.11 bits per heavy atom. The van der Waals surface area contributed by atoms with Crippen molar-refractivity contribution < 1.29 is 0 Å². The Morgan fingerprint density at radius 1 is 1.37 bits per heavy atom. The van der Waals surface area contributed by atoms with Crippen LogP contribution in [0.4, 0.5) is 0 Å². The van der Waals surface area contributed by atoms with Crippen LogP contribution in [0.3, 0.4) is 0 Å². The lowest BCUT2D eigenvalue weighted by atomic mass is 9.76. The van der Waals surface area contributed by atoms with Crippen LogP contribution in [0.5, 0.6) is 0 Å². The van der Waals surface area contributed by atoms with E-state index in [4.69, 9.17) is 0 Å². The van der Waals surface area contributed by atoms with Gasteiger partial charge in [-0.25, -0.2) is 4.98 Å². The molecule has 1 unspecified atom stereocenters.